The minimum atomic E-state index is -4.32. The predicted molar refractivity (Wildman–Crippen MR) is 57.9 cm³/mol. The smallest absolute Gasteiger partial charge is 0.381 e. The molecule has 8 heteroatoms. The van der Waals surface area contributed by atoms with E-state index < -0.39 is 12.1 Å². The van der Waals surface area contributed by atoms with Gasteiger partial charge in [-0.2, -0.15) is 13.2 Å². The molecule has 2 aliphatic heterocycles. The van der Waals surface area contributed by atoms with Gasteiger partial charge >= 0.3 is 6.18 Å². The van der Waals surface area contributed by atoms with Crippen molar-refractivity contribution in [1.29, 1.82) is 5.41 Å². The summed E-state index contributed by atoms with van der Waals surface area (Å²) in [6.07, 6.45) is -1.88. The molecule has 0 spiro atoms. The third-order valence-corrected chi connectivity index (χ3v) is 2.50. The molecular formula is C9H8ClF3N4. The zero-order valence-electron chi connectivity index (χ0n) is 8.40. The number of nitrogens with one attached hydrogen (secondary N) is 3. The van der Waals surface area contributed by atoms with Crippen LogP contribution in [0, 0.1) is 11.3 Å². The van der Waals surface area contributed by atoms with Crippen LogP contribution in [0.2, 0.25) is 0 Å². The number of allylic oxidation sites excluding steroid dienone is 2. The molecule has 2 aliphatic rings. The third kappa shape index (κ3) is 2.44. The summed E-state index contributed by atoms with van der Waals surface area (Å²) >= 11 is 5.32. The van der Waals surface area contributed by atoms with E-state index in [1.165, 1.54) is 6.21 Å². The summed E-state index contributed by atoms with van der Waals surface area (Å²) in [6.45, 7) is -0.210. The summed E-state index contributed by atoms with van der Waals surface area (Å²) in [6, 6.07) is 0. The molecule has 2 rings (SSSR count). The van der Waals surface area contributed by atoms with E-state index in [9.17, 15) is 13.2 Å². The topological polar surface area (TPSA) is 60.3 Å². The molecule has 0 amide bonds. The van der Waals surface area contributed by atoms with Gasteiger partial charge in [-0.15, -0.1) is 0 Å². The molecule has 4 nitrogen and oxygen atoms in total. The molecule has 0 bridgehead atoms. The quantitative estimate of drug-likeness (QED) is 0.632. The first kappa shape index (κ1) is 12.0. The molecule has 0 aromatic carbocycles. The minimum absolute atomic E-state index is 0.0247. The van der Waals surface area contributed by atoms with Crippen molar-refractivity contribution in [3.8, 4) is 0 Å². The normalized spacial score (nSPS) is 25.6. The maximum absolute atomic E-state index is 12.7. The molecule has 3 N–H and O–H groups in total. The number of aliphatic imine (C=N–C) groups is 1. The molecule has 0 saturated heterocycles. The molecule has 0 saturated carbocycles. The van der Waals surface area contributed by atoms with Gasteiger partial charge in [0.05, 0.1) is 17.6 Å². The van der Waals surface area contributed by atoms with Gasteiger partial charge < -0.3 is 10.6 Å². The lowest BCUT2D eigenvalue weighted by Crippen LogP contribution is -2.32. The van der Waals surface area contributed by atoms with Gasteiger partial charge in [0.15, 0.2) is 0 Å². The van der Waals surface area contributed by atoms with Gasteiger partial charge in [0, 0.05) is 12.6 Å². The van der Waals surface area contributed by atoms with E-state index in [1.54, 1.807) is 0 Å². The van der Waals surface area contributed by atoms with Crippen molar-refractivity contribution in [3.63, 3.8) is 0 Å². The molecular weight excluding hydrogens is 257 g/mol. The van der Waals surface area contributed by atoms with Crippen molar-refractivity contribution in [2.75, 3.05) is 6.54 Å². The van der Waals surface area contributed by atoms with Gasteiger partial charge in [0.2, 0.25) is 0 Å². The van der Waals surface area contributed by atoms with Crippen molar-refractivity contribution in [2.24, 2.45) is 10.9 Å². The Morgan fingerprint density at radius 2 is 2.29 bits per heavy atom. The molecule has 1 atom stereocenters. The molecule has 0 fully saturated rings. The Kier molecular flexibility index (Phi) is 2.86. The highest BCUT2D eigenvalue weighted by atomic mass is 35.5. The number of halogens is 4. The number of alkyl halides is 3. The first-order valence-electron chi connectivity index (χ1n) is 4.69. The van der Waals surface area contributed by atoms with Crippen LogP contribution < -0.4 is 10.6 Å². The van der Waals surface area contributed by atoms with E-state index in [1.807, 2.05) is 0 Å². The van der Waals surface area contributed by atoms with E-state index in [-0.39, 0.29) is 23.2 Å². The Labute approximate surface area is 99.7 Å². The van der Waals surface area contributed by atoms with Crippen molar-refractivity contribution in [2.45, 2.75) is 6.18 Å². The maximum Gasteiger partial charge on any atom is 0.398 e. The highest BCUT2D eigenvalue weighted by Gasteiger charge is 2.46. The lowest BCUT2D eigenvalue weighted by Gasteiger charge is -2.20. The van der Waals surface area contributed by atoms with Crippen LogP contribution in [0.3, 0.4) is 0 Å². The summed E-state index contributed by atoms with van der Waals surface area (Å²) in [7, 11) is 0. The Hall–Kier alpha value is -1.50. The van der Waals surface area contributed by atoms with Crippen LogP contribution >= 0.6 is 11.6 Å². The summed E-state index contributed by atoms with van der Waals surface area (Å²) in [5.74, 6) is -1.46. The predicted octanol–water partition coefficient (Wildman–Crippen LogP) is 1.71. The average Bonchev–Trinajstić information content (AvgIpc) is 2.58. The second-order valence-corrected chi connectivity index (χ2v) is 3.97. The van der Waals surface area contributed by atoms with Crippen LogP contribution in [0.4, 0.5) is 13.2 Å². The van der Waals surface area contributed by atoms with Crippen molar-refractivity contribution in [1.82, 2.24) is 10.6 Å². The van der Waals surface area contributed by atoms with Gasteiger partial charge in [0.25, 0.3) is 0 Å². The number of nitrogens with zero attached hydrogens (tertiary/aromatic N) is 1. The average molecular weight is 265 g/mol. The van der Waals surface area contributed by atoms with E-state index in [0.717, 1.165) is 6.08 Å². The van der Waals surface area contributed by atoms with Crippen LogP contribution in [0.15, 0.2) is 28.3 Å². The van der Waals surface area contributed by atoms with Crippen LogP contribution in [0.1, 0.15) is 0 Å². The van der Waals surface area contributed by atoms with Crippen LogP contribution in [-0.4, -0.2) is 24.1 Å². The largest absolute Gasteiger partial charge is 0.398 e. The van der Waals surface area contributed by atoms with Crippen LogP contribution in [0.25, 0.3) is 0 Å². The molecule has 2 heterocycles. The number of rotatable bonds is 1. The second-order valence-electron chi connectivity index (χ2n) is 3.56. The summed E-state index contributed by atoms with van der Waals surface area (Å²) in [5.41, 5.74) is 0.349. The first-order valence-corrected chi connectivity index (χ1v) is 5.07. The van der Waals surface area contributed by atoms with Crippen molar-refractivity contribution < 1.29 is 13.2 Å². The van der Waals surface area contributed by atoms with Gasteiger partial charge in [-0.25, -0.2) is 4.99 Å². The Morgan fingerprint density at radius 3 is 2.88 bits per heavy atom. The lowest BCUT2D eigenvalue weighted by molar-refractivity contribution is -0.161. The molecule has 17 heavy (non-hydrogen) atoms. The Balaban J connectivity index is 2.26. The summed E-state index contributed by atoms with van der Waals surface area (Å²) in [5, 5.41) is 11.9. The second kappa shape index (κ2) is 4.06. The Morgan fingerprint density at radius 1 is 1.59 bits per heavy atom. The van der Waals surface area contributed by atoms with Gasteiger partial charge in [-0.1, -0.05) is 11.6 Å². The van der Waals surface area contributed by atoms with Crippen molar-refractivity contribution in [3.05, 3.63) is 23.3 Å². The number of hydrogen-bond donors (Lipinski definition) is 3. The number of hydrogen-bond acceptors (Lipinski definition) is 4. The minimum Gasteiger partial charge on any atom is -0.381 e. The fraction of sp³-hybridized carbons (Fsp3) is 0.333. The van der Waals surface area contributed by atoms with Gasteiger partial charge in [-0.3, -0.25) is 5.41 Å². The van der Waals surface area contributed by atoms with E-state index in [0.29, 0.717) is 5.70 Å². The first-order chi connectivity index (χ1) is 7.88. The zero-order valence-corrected chi connectivity index (χ0v) is 9.15. The maximum atomic E-state index is 12.7. The highest BCUT2D eigenvalue weighted by Crippen LogP contribution is 2.35. The molecule has 0 aliphatic carbocycles. The monoisotopic (exact) mass is 264 g/mol. The standard InChI is InChI=1S/C9H8ClF3N4/c10-6(14)1-7-16-3-5-8(17-7)4(2-15-5)9(11,12)13/h1,3-4,14-15,17H,2H2/b7-1-,14-6?. The third-order valence-electron chi connectivity index (χ3n) is 2.39. The van der Waals surface area contributed by atoms with E-state index >= 15 is 0 Å². The molecule has 92 valence electrons. The fourth-order valence-corrected chi connectivity index (χ4v) is 1.75. The Bertz CT molecular complexity index is 450. The zero-order chi connectivity index (χ0) is 12.6. The molecule has 0 aromatic rings. The molecule has 0 radical (unpaired) electrons. The van der Waals surface area contributed by atoms with E-state index in [4.69, 9.17) is 17.0 Å². The summed E-state index contributed by atoms with van der Waals surface area (Å²) in [4.78, 5) is 3.84. The SMILES string of the molecule is N=C(Cl)/C=C1/N=CC2=C(N1)C(C(F)(F)F)CN2. The van der Waals surface area contributed by atoms with Gasteiger partial charge in [-0.05, 0) is 0 Å². The van der Waals surface area contributed by atoms with E-state index in [2.05, 4.69) is 15.6 Å². The summed E-state index contributed by atoms with van der Waals surface area (Å²) < 4.78 is 38.0. The van der Waals surface area contributed by atoms with Crippen molar-refractivity contribution >= 4 is 23.0 Å². The molecule has 1 unspecified atom stereocenters. The van der Waals surface area contributed by atoms with Crippen LogP contribution in [-0.2, 0) is 0 Å². The lowest BCUT2D eigenvalue weighted by atomic mass is 10.1. The highest BCUT2D eigenvalue weighted by molar-refractivity contribution is 6.67. The molecule has 0 aromatic heterocycles. The van der Waals surface area contributed by atoms with Gasteiger partial charge in [0.1, 0.15) is 16.9 Å². The fourth-order valence-electron chi connectivity index (χ4n) is 1.64. The van der Waals surface area contributed by atoms with Crippen LogP contribution in [0.5, 0.6) is 0 Å².